The molecule has 2 N–H and O–H groups in total. The molecule has 0 aliphatic rings. The van der Waals surface area contributed by atoms with Gasteiger partial charge in [0, 0.05) is 4.90 Å². The van der Waals surface area contributed by atoms with Crippen molar-refractivity contribution in [1.82, 2.24) is 9.97 Å². The molecule has 0 aliphatic heterocycles. The number of rotatable bonds is 3. The van der Waals surface area contributed by atoms with Gasteiger partial charge in [-0.3, -0.25) is 0 Å². The Hall–Kier alpha value is -1.46. The van der Waals surface area contributed by atoms with E-state index in [1.807, 2.05) is 24.3 Å². The summed E-state index contributed by atoms with van der Waals surface area (Å²) in [7, 11) is 1.52. The highest BCUT2D eigenvalue weighted by Gasteiger charge is 2.11. The van der Waals surface area contributed by atoms with Crippen LogP contribution in [0.2, 0.25) is 5.02 Å². The fourth-order valence-corrected chi connectivity index (χ4v) is 2.31. The van der Waals surface area contributed by atoms with Crippen LogP contribution in [0.15, 0.2) is 40.5 Å². The van der Waals surface area contributed by atoms with Gasteiger partial charge in [0.2, 0.25) is 5.88 Å². The van der Waals surface area contributed by atoms with Crippen molar-refractivity contribution in [2.45, 2.75) is 9.92 Å². The molecular weight excluding hydrogens is 258 g/mol. The van der Waals surface area contributed by atoms with E-state index in [0.717, 1.165) is 4.90 Å². The summed E-state index contributed by atoms with van der Waals surface area (Å²) in [5, 5.41) is 1.29. The number of nitrogens with zero attached hydrogens (tertiary/aromatic N) is 2. The van der Waals surface area contributed by atoms with Gasteiger partial charge in [-0.25, -0.2) is 4.98 Å². The lowest BCUT2D eigenvalue weighted by molar-refractivity contribution is 0.397. The predicted molar refractivity (Wildman–Crippen MR) is 68.6 cm³/mol. The van der Waals surface area contributed by atoms with Crippen LogP contribution in [0.25, 0.3) is 0 Å². The maximum atomic E-state index is 6.06. The molecule has 1 aromatic heterocycles. The van der Waals surface area contributed by atoms with Gasteiger partial charge in [-0.05, 0) is 12.1 Å². The lowest BCUT2D eigenvalue weighted by Gasteiger charge is -2.07. The van der Waals surface area contributed by atoms with E-state index in [1.54, 1.807) is 0 Å². The molecule has 4 nitrogen and oxygen atoms in total. The molecule has 2 aromatic rings. The first-order valence-electron chi connectivity index (χ1n) is 4.79. The maximum Gasteiger partial charge on any atom is 0.241 e. The Labute approximate surface area is 108 Å². The van der Waals surface area contributed by atoms with Crippen molar-refractivity contribution in [3.05, 3.63) is 35.6 Å². The number of aromatic nitrogens is 2. The molecule has 88 valence electrons. The highest BCUT2D eigenvalue weighted by atomic mass is 35.5. The van der Waals surface area contributed by atoms with Crippen LogP contribution in [-0.4, -0.2) is 17.1 Å². The number of nitrogen functional groups attached to an aromatic ring is 1. The highest BCUT2D eigenvalue weighted by Crippen LogP contribution is 2.36. The number of hydrogen-bond donors (Lipinski definition) is 1. The molecule has 0 fully saturated rings. The van der Waals surface area contributed by atoms with Crippen LogP contribution in [0.1, 0.15) is 0 Å². The molecule has 1 heterocycles. The molecule has 0 radical (unpaired) electrons. The van der Waals surface area contributed by atoms with Gasteiger partial charge in [0.15, 0.2) is 0 Å². The molecule has 0 bridgehead atoms. The summed E-state index contributed by atoms with van der Waals surface area (Å²) in [6.07, 6.45) is 1.41. The molecule has 0 saturated carbocycles. The Bertz CT molecular complexity index is 536. The molecule has 6 heteroatoms. The zero-order valence-electron chi connectivity index (χ0n) is 9.05. The van der Waals surface area contributed by atoms with Crippen LogP contribution in [0.3, 0.4) is 0 Å². The molecule has 0 aliphatic carbocycles. The zero-order chi connectivity index (χ0) is 12.3. The van der Waals surface area contributed by atoms with Gasteiger partial charge >= 0.3 is 0 Å². The Morgan fingerprint density at radius 2 is 2.06 bits per heavy atom. The number of nitrogens with two attached hydrogens (primary N) is 1. The molecule has 2 rings (SSSR count). The molecule has 0 atom stereocenters. The molecule has 0 saturated heterocycles. The SMILES string of the molecule is COc1ncnc(Sc2ccccc2Cl)c1N. The van der Waals surface area contributed by atoms with Gasteiger partial charge in [0.05, 0.1) is 12.1 Å². The third-order valence-corrected chi connectivity index (χ3v) is 3.58. The molecular formula is C11H10ClN3OS. The van der Waals surface area contributed by atoms with Crippen LogP contribution < -0.4 is 10.5 Å². The monoisotopic (exact) mass is 267 g/mol. The second-order valence-electron chi connectivity index (χ2n) is 3.13. The Morgan fingerprint density at radius 3 is 2.76 bits per heavy atom. The van der Waals surface area contributed by atoms with Crippen molar-refractivity contribution in [2.75, 3.05) is 12.8 Å². The Kier molecular flexibility index (Phi) is 3.71. The standard InChI is InChI=1S/C11H10ClN3OS/c1-16-10-9(13)11(15-6-14-10)17-8-5-3-2-4-7(8)12/h2-6H,13H2,1H3. The fourth-order valence-electron chi connectivity index (χ4n) is 1.24. The zero-order valence-corrected chi connectivity index (χ0v) is 10.6. The first kappa shape index (κ1) is 12.0. The second-order valence-corrected chi connectivity index (χ2v) is 4.57. The fraction of sp³-hybridized carbons (Fsp3) is 0.0909. The van der Waals surface area contributed by atoms with Crippen LogP contribution in [0.4, 0.5) is 5.69 Å². The minimum absolute atomic E-state index is 0.370. The average molecular weight is 268 g/mol. The predicted octanol–water partition coefficient (Wildman–Crippen LogP) is 2.87. The van der Waals surface area contributed by atoms with E-state index < -0.39 is 0 Å². The molecule has 0 unspecified atom stereocenters. The second kappa shape index (κ2) is 5.25. The summed E-state index contributed by atoms with van der Waals surface area (Å²) in [6.45, 7) is 0. The third kappa shape index (κ3) is 2.62. The minimum atomic E-state index is 0.370. The summed E-state index contributed by atoms with van der Waals surface area (Å²) in [6, 6.07) is 7.50. The van der Waals surface area contributed by atoms with E-state index in [-0.39, 0.29) is 0 Å². The van der Waals surface area contributed by atoms with Crippen molar-refractivity contribution in [2.24, 2.45) is 0 Å². The van der Waals surface area contributed by atoms with E-state index >= 15 is 0 Å². The van der Waals surface area contributed by atoms with E-state index in [2.05, 4.69) is 9.97 Å². The van der Waals surface area contributed by atoms with E-state index in [0.29, 0.717) is 21.6 Å². The number of anilines is 1. The third-order valence-electron chi connectivity index (χ3n) is 2.05. The summed E-state index contributed by atoms with van der Waals surface area (Å²) in [5.74, 6) is 0.370. The van der Waals surface area contributed by atoms with Crippen molar-refractivity contribution < 1.29 is 4.74 Å². The molecule has 0 amide bonds. The van der Waals surface area contributed by atoms with Crippen LogP contribution in [0, 0.1) is 0 Å². The first-order valence-corrected chi connectivity index (χ1v) is 5.98. The van der Waals surface area contributed by atoms with Crippen molar-refractivity contribution in [1.29, 1.82) is 0 Å². The maximum absolute atomic E-state index is 6.06. The number of halogens is 1. The molecule has 1 aromatic carbocycles. The van der Waals surface area contributed by atoms with Gasteiger partial charge in [-0.1, -0.05) is 35.5 Å². The number of ether oxygens (including phenoxy) is 1. The first-order chi connectivity index (χ1) is 8.22. The largest absolute Gasteiger partial charge is 0.479 e. The van der Waals surface area contributed by atoms with Crippen molar-refractivity contribution in [3.63, 3.8) is 0 Å². The van der Waals surface area contributed by atoms with E-state index in [1.165, 1.54) is 25.2 Å². The molecule has 17 heavy (non-hydrogen) atoms. The van der Waals surface area contributed by atoms with Gasteiger partial charge in [-0.2, -0.15) is 4.98 Å². The van der Waals surface area contributed by atoms with Crippen molar-refractivity contribution in [3.8, 4) is 5.88 Å². The minimum Gasteiger partial charge on any atom is -0.479 e. The topological polar surface area (TPSA) is 61.0 Å². The summed E-state index contributed by atoms with van der Waals surface area (Å²) in [5.41, 5.74) is 6.29. The van der Waals surface area contributed by atoms with E-state index in [4.69, 9.17) is 22.1 Å². The number of methoxy groups -OCH3 is 1. The van der Waals surface area contributed by atoms with Gasteiger partial charge in [0.1, 0.15) is 17.0 Å². The smallest absolute Gasteiger partial charge is 0.241 e. The average Bonchev–Trinajstić information content (AvgIpc) is 2.34. The lowest BCUT2D eigenvalue weighted by Crippen LogP contribution is -1.99. The number of hydrogen-bond acceptors (Lipinski definition) is 5. The van der Waals surface area contributed by atoms with Crippen molar-refractivity contribution >= 4 is 29.1 Å². The lowest BCUT2D eigenvalue weighted by atomic mass is 10.4. The van der Waals surface area contributed by atoms with Gasteiger partial charge in [0.25, 0.3) is 0 Å². The summed E-state index contributed by atoms with van der Waals surface area (Å²) in [4.78, 5) is 8.92. The molecule has 0 spiro atoms. The summed E-state index contributed by atoms with van der Waals surface area (Å²) >= 11 is 7.45. The van der Waals surface area contributed by atoms with Crippen LogP contribution >= 0.6 is 23.4 Å². The normalized spacial score (nSPS) is 10.2. The number of benzene rings is 1. The highest BCUT2D eigenvalue weighted by molar-refractivity contribution is 7.99. The Morgan fingerprint density at radius 1 is 1.29 bits per heavy atom. The van der Waals surface area contributed by atoms with Gasteiger partial charge < -0.3 is 10.5 Å². The Balaban J connectivity index is 2.34. The summed E-state index contributed by atoms with van der Waals surface area (Å²) < 4.78 is 5.03. The van der Waals surface area contributed by atoms with Crippen LogP contribution in [-0.2, 0) is 0 Å². The van der Waals surface area contributed by atoms with Crippen LogP contribution in [0.5, 0.6) is 5.88 Å². The van der Waals surface area contributed by atoms with E-state index in [9.17, 15) is 0 Å². The van der Waals surface area contributed by atoms with Gasteiger partial charge in [-0.15, -0.1) is 0 Å². The quantitative estimate of drug-likeness (QED) is 0.867.